The number of hydrogen-bond donors (Lipinski definition) is 6. The topological polar surface area (TPSA) is 146 Å². The lowest BCUT2D eigenvalue weighted by Crippen LogP contribution is -2.59. The molecule has 7 N–H and O–H groups in total. The largest absolute Gasteiger partial charge is 0.397 e. The van der Waals surface area contributed by atoms with E-state index in [0.29, 0.717) is 35.6 Å². The van der Waals surface area contributed by atoms with Crippen molar-refractivity contribution >= 4 is 10.4 Å². The molecule has 0 amide bonds. The molecule has 45 heavy (non-hydrogen) atoms. The molecule has 0 aromatic heterocycles. The number of unbranched alkanes of at least 4 members (excludes halogenated alkanes) is 1. The maximum atomic E-state index is 11.8. The Bertz CT molecular complexity index is 1020. The zero-order valence-electron chi connectivity index (χ0n) is 29.1. The second kappa shape index (κ2) is 16.4. The molecule has 0 aromatic rings. The summed E-state index contributed by atoms with van der Waals surface area (Å²) < 4.78 is 38.2. The van der Waals surface area contributed by atoms with Crippen LogP contribution in [0, 0.1) is 52.3 Å². The Morgan fingerprint density at radius 1 is 0.844 bits per heavy atom. The van der Waals surface area contributed by atoms with Gasteiger partial charge in [0.05, 0.1) is 12.2 Å². The van der Waals surface area contributed by atoms with Crippen LogP contribution in [0.25, 0.3) is 0 Å². The van der Waals surface area contributed by atoms with E-state index < -0.39 is 16.5 Å². The Labute approximate surface area is 275 Å². The molecule has 0 spiro atoms. The minimum Gasteiger partial charge on any atom is -0.393 e. The molecule has 0 radical (unpaired) electrons. The van der Waals surface area contributed by atoms with Gasteiger partial charge in [-0.3, -0.25) is 4.55 Å². The SMILES string of the molecule is CC(C)[C@H](OS(=O)(=O)O)[C@@H](C)[C@H]1CCC2C3C(CC[C@@]21C)[C@@]1(C)CC[C@H](NCCCNCCCCNCCCN)C[C@@H]1C[C@H]3O. The molecule has 0 saturated heterocycles. The highest BCUT2D eigenvalue weighted by Gasteiger charge is 2.63. The van der Waals surface area contributed by atoms with Crippen LogP contribution < -0.4 is 21.7 Å². The fourth-order valence-electron chi connectivity index (χ4n) is 11.0. The van der Waals surface area contributed by atoms with E-state index >= 15 is 0 Å². The standard InChI is InChI=1S/C35H68N4O5S/c1-24(2)33(44-45(41,42)43)25(3)28-10-11-29-32-30(13-15-35(28,29)5)34(4)14-12-27(22-26(34)23-31(32)40)39-21-9-20-38-18-7-6-17-37-19-8-16-36/h24-33,37-40H,6-23,36H2,1-5H3,(H,41,42,43)/t25-,26+,27-,28+,29?,30?,31+,32?,33-,34-,35+/m0/s1. The van der Waals surface area contributed by atoms with Gasteiger partial charge in [-0.1, -0.05) is 34.6 Å². The van der Waals surface area contributed by atoms with E-state index in [1.54, 1.807) is 0 Å². The predicted octanol–water partition coefficient (Wildman–Crippen LogP) is 4.75. The van der Waals surface area contributed by atoms with Crippen molar-refractivity contribution in [3.8, 4) is 0 Å². The Morgan fingerprint density at radius 3 is 2.11 bits per heavy atom. The molecule has 4 aliphatic rings. The molecule has 4 rings (SSSR count). The summed E-state index contributed by atoms with van der Waals surface area (Å²) in [4.78, 5) is 0. The molecule has 0 heterocycles. The summed E-state index contributed by atoms with van der Waals surface area (Å²) in [6.45, 7) is 17.1. The van der Waals surface area contributed by atoms with Gasteiger partial charge >= 0.3 is 10.4 Å². The average Bonchev–Trinajstić information content (AvgIpc) is 3.33. The lowest BCUT2D eigenvalue weighted by atomic mass is 9.43. The van der Waals surface area contributed by atoms with Crippen molar-refractivity contribution in [1.29, 1.82) is 0 Å². The third kappa shape index (κ3) is 9.02. The third-order valence-corrected chi connectivity index (χ3v) is 13.7. The highest BCUT2D eigenvalue weighted by Crippen LogP contribution is 2.68. The van der Waals surface area contributed by atoms with Gasteiger partial charge in [-0.05, 0) is 169 Å². The molecule has 0 bridgehead atoms. The number of aliphatic hydroxyl groups is 1. The molecule has 0 aliphatic heterocycles. The fourth-order valence-corrected chi connectivity index (χ4v) is 11.7. The van der Waals surface area contributed by atoms with E-state index in [1.807, 2.05) is 13.8 Å². The van der Waals surface area contributed by atoms with Crippen LogP contribution in [-0.2, 0) is 14.6 Å². The molecule has 9 nitrogen and oxygen atoms in total. The van der Waals surface area contributed by atoms with E-state index in [1.165, 1.54) is 32.1 Å². The van der Waals surface area contributed by atoms with Gasteiger partial charge in [-0.25, -0.2) is 4.18 Å². The van der Waals surface area contributed by atoms with Gasteiger partial charge in [-0.2, -0.15) is 8.42 Å². The van der Waals surface area contributed by atoms with Crippen LogP contribution >= 0.6 is 0 Å². The second-order valence-corrected chi connectivity index (χ2v) is 17.3. The lowest BCUT2D eigenvalue weighted by molar-refractivity contribution is -0.168. The minimum absolute atomic E-state index is 0.00753. The van der Waals surface area contributed by atoms with Crippen LogP contribution in [0.3, 0.4) is 0 Å². The maximum absolute atomic E-state index is 11.8. The van der Waals surface area contributed by atoms with E-state index in [9.17, 15) is 18.1 Å². The average molecular weight is 657 g/mol. The molecule has 4 fully saturated rings. The Morgan fingerprint density at radius 2 is 1.47 bits per heavy atom. The Hall–Kier alpha value is -0.330. The summed E-state index contributed by atoms with van der Waals surface area (Å²) in [5.41, 5.74) is 5.86. The van der Waals surface area contributed by atoms with Crippen molar-refractivity contribution in [2.75, 3.05) is 39.3 Å². The van der Waals surface area contributed by atoms with Crippen molar-refractivity contribution in [3.05, 3.63) is 0 Å². The number of hydrogen-bond acceptors (Lipinski definition) is 8. The van der Waals surface area contributed by atoms with Crippen LogP contribution in [0.15, 0.2) is 0 Å². The summed E-state index contributed by atoms with van der Waals surface area (Å²) in [6, 6.07) is 0.549. The van der Waals surface area contributed by atoms with E-state index in [2.05, 4.69) is 36.7 Å². The van der Waals surface area contributed by atoms with Gasteiger partial charge in [0.25, 0.3) is 0 Å². The molecule has 4 aliphatic carbocycles. The van der Waals surface area contributed by atoms with Gasteiger partial charge in [-0.15, -0.1) is 0 Å². The first-order chi connectivity index (χ1) is 21.3. The molecular weight excluding hydrogens is 588 g/mol. The van der Waals surface area contributed by atoms with E-state index in [4.69, 9.17) is 9.92 Å². The molecule has 0 aromatic carbocycles. The van der Waals surface area contributed by atoms with Crippen LogP contribution in [0.1, 0.15) is 112 Å². The number of fused-ring (bicyclic) bond motifs is 5. The first-order valence-corrected chi connectivity index (χ1v) is 19.9. The molecule has 4 saturated carbocycles. The summed E-state index contributed by atoms with van der Waals surface area (Å²) in [5, 5.41) is 22.7. The molecule has 10 heteroatoms. The van der Waals surface area contributed by atoms with Crippen molar-refractivity contribution in [1.82, 2.24) is 16.0 Å². The summed E-state index contributed by atoms with van der Waals surface area (Å²) >= 11 is 0. The number of rotatable bonds is 18. The number of aliphatic hydroxyl groups excluding tert-OH is 1. The Balaban J connectivity index is 1.26. The normalized spacial score (nSPS) is 38.0. The van der Waals surface area contributed by atoms with Gasteiger partial charge < -0.3 is 26.8 Å². The van der Waals surface area contributed by atoms with Gasteiger partial charge in [0.2, 0.25) is 0 Å². The molecular formula is C35H68N4O5S. The van der Waals surface area contributed by atoms with Crippen molar-refractivity contribution in [2.45, 2.75) is 130 Å². The smallest absolute Gasteiger partial charge is 0.393 e. The van der Waals surface area contributed by atoms with Crippen molar-refractivity contribution in [3.63, 3.8) is 0 Å². The van der Waals surface area contributed by atoms with E-state index in [0.717, 1.165) is 84.2 Å². The molecule has 3 unspecified atom stereocenters. The highest BCUT2D eigenvalue weighted by atomic mass is 32.3. The zero-order chi connectivity index (χ0) is 32.8. The van der Waals surface area contributed by atoms with Crippen molar-refractivity contribution < 1.29 is 22.3 Å². The summed E-state index contributed by atoms with van der Waals surface area (Å²) in [6.07, 6.45) is 12.7. The van der Waals surface area contributed by atoms with Crippen molar-refractivity contribution in [2.24, 2.45) is 58.0 Å². The summed E-state index contributed by atoms with van der Waals surface area (Å²) in [7, 11) is -4.52. The van der Waals surface area contributed by atoms with Gasteiger partial charge in [0, 0.05) is 6.04 Å². The fraction of sp³-hybridized carbons (Fsp3) is 1.00. The van der Waals surface area contributed by atoms with Crippen LogP contribution in [0.5, 0.6) is 0 Å². The number of nitrogens with one attached hydrogen (secondary N) is 3. The zero-order valence-corrected chi connectivity index (χ0v) is 29.9. The van der Waals surface area contributed by atoms with Crippen LogP contribution in [0.2, 0.25) is 0 Å². The maximum Gasteiger partial charge on any atom is 0.397 e. The lowest BCUT2D eigenvalue weighted by Gasteiger charge is -2.63. The monoisotopic (exact) mass is 656 g/mol. The highest BCUT2D eigenvalue weighted by molar-refractivity contribution is 7.80. The van der Waals surface area contributed by atoms with Gasteiger partial charge in [0.15, 0.2) is 0 Å². The predicted molar refractivity (Wildman–Crippen MR) is 182 cm³/mol. The van der Waals surface area contributed by atoms with Crippen LogP contribution in [0.4, 0.5) is 0 Å². The second-order valence-electron chi connectivity index (χ2n) is 16.2. The first-order valence-electron chi connectivity index (χ1n) is 18.5. The first kappa shape index (κ1) is 37.5. The minimum atomic E-state index is -4.52. The van der Waals surface area contributed by atoms with Gasteiger partial charge in [0.1, 0.15) is 0 Å². The summed E-state index contributed by atoms with van der Waals surface area (Å²) in [5.74, 6) is 2.18. The number of nitrogens with two attached hydrogens (primary N) is 1. The Kier molecular flexibility index (Phi) is 13.6. The van der Waals surface area contributed by atoms with Crippen LogP contribution in [-0.4, -0.2) is 75.6 Å². The van der Waals surface area contributed by atoms with E-state index in [-0.39, 0.29) is 28.8 Å². The molecule has 264 valence electrons. The third-order valence-electron chi connectivity index (χ3n) is 13.3. The molecule has 11 atom stereocenters. The quantitative estimate of drug-likeness (QED) is 0.0909.